The highest BCUT2D eigenvalue weighted by atomic mass is 79.9. The molecule has 0 aliphatic heterocycles. The van der Waals surface area contributed by atoms with Crippen LogP contribution in [0, 0.1) is 20.8 Å². The van der Waals surface area contributed by atoms with Crippen molar-refractivity contribution in [3.05, 3.63) is 63.6 Å². The number of aromatic nitrogens is 5. The van der Waals surface area contributed by atoms with E-state index in [9.17, 15) is 9.59 Å². The minimum absolute atomic E-state index is 0.269. The van der Waals surface area contributed by atoms with E-state index in [4.69, 9.17) is 4.74 Å². The Balaban J connectivity index is 1.44. The van der Waals surface area contributed by atoms with Gasteiger partial charge in [0.25, 0.3) is 11.9 Å². The third-order valence-corrected chi connectivity index (χ3v) is 4.89. The number of benzene rings is 1. The van der Waals surface area contributed by atoms with Crippen LogP contribution >= 0.6 is 15.9 Å². The van der Waals surface area contributed by atoms with E-state index in [1.807, 2.05) is 38.1 Å². The van der Waals surface area contributed by atoms with Gasteiger partial charge in [0.05, 0.1) is 5.69 Å². The van der Waals surface area contributed by atoms with Gasteiger partial charge in [-0.05, 0) is 51.1 Å². The highest BCUT2D eigenvalue weighted by Gasteiger charge is 2.16. The first-order valence-corrected chi connectivity index (χ1v) is 10.2. The van der Waals surface area contributed by atoms with E-state index in [2.05, 4.69) is 41.3 Å². The number of H-pyrrole nitrogens is 1. The van der Waals surface area contributed by atoms with Crippen LogP contribution in [0.15, 0.2) is 40.9 Å². The van der Waals surface area contributed by atoms with Gasteiger partial charge >= 0.3 is 5.97 Å². The lowest BCUT2D eigenvalue weighted by molar-refractivity contribution is -0.119. The summed E-state index contributed by atoms with van der Waals surface area (Å²) in [5, 5.41) is 7.91. The van der Waals surface area contributed by atoms with E-state index in [0.29, 0.717) is 17.5 Å². The predicted molar refractivity (Wildman–Crippen MR) is 118 cm³/mol. The van der Waals surface area contributed by atoms with E-state index < -0.39 is 18.5 Å². The van der Waals surface area contributed by atoms with Gasteiger partial charge in [0, 0.05) is 32.8 Å². The average Bonchev–Trinajstić information content (AvgIpc) is 3.28. The Hall–Kier alpha value is -3.53. The first-order chi connectivity index (χ1) is 14.8. The van der Waals surface area contributed by atoms with Gasteiger partial charge in [-0.1, -0.05) is 15.9 Å². The number of nitrogens with zero attached hydrogens (tertiary/aromatic N) is 4. The molecule has 3 heterocycles. The minimum Gasteiger partial charge on any atom is -0.451 e. The summed E-state index contributed by atoms with van der Waals surface area (Å²) < 4.78 is 7.51. The lowest BCUT2D eigenvalue weighted by atomic mass is 10.2. The molecule has 0 spiro atoms. The summed E-state index contributed by atoms with van der Waals surface area (Å²) in [7, 11) is 0. The third kappa shape index (κ3) is 4.64. The van der Waals surface area contributed by atoms with Gasteiger partial charge in [-0.2, -0.15) is 9.78 Å². The van der Waals surface area contributed by atoms with Crippen LogP contribution in [0.2, 0.25) is 0 Å². The molecule has 158 valence electrons. The van der Waals surface area contributed by atoms with Gasteiger partial charge in [-0.15, -0.1) is 0 Å². The molecule has 3 aromatic heterocycles. The number of aromatic amines is 1. The van der Waals surface area contributed by atoms with Gasteiger partial charge in [0.2, 0.25) is 0 Å². The van der Waals surface area contributed by atoms with Crippen molar-refractivity contribution < 1.29 is 14.3 Å². The van der Waals surface area contributed by atoms with Gasteiger partial charge in [0.1, 0.15) is 11.5 Å². The largest absolute Gasteiger partial charge is 0.451 e. The lowest BCUT2D eigenvalue weighted by Crippen LogP contribution is -2.23. The molecule has 0 aliphatic rings. The standard InChI is InChI=1S/C21H19BrN6O3/c1-11-6-12(2)24-21(23-11)28-18(7-13(3)27-28)26-19(29)10-31-20(30)17-9-14-8-15(22)4-5-16(14)25-17/h4-9,25H,10H2,1-3H3,(H,26,29). The minimum atomic E-state index is -0.621. The third-order valence-electron chi connectivity index (χ3n) is 4.40. The lowest BCUT2D eigenvalue weighted by Gasteiger charge is -2.09. The van der Waals surface area contributed by atoms with Crippen molar-refractivity contribution in [2.45, 2.75) is 20.8 Å². The Morgan fingerprint density at radius 1 is 1.06 bits per heavy atom. The summed E-state index contributed by atoms with van der Waals surface area (Å²) in [4.78, 5) is 36.5. The molecule has 0 saturated carbocycles. The predicted octanol–water partition coefficient (Wildman–Crippen LogP) is 3.63. The number of hydrogen-bond acceptors (Lipinski definition) is 6. The van der Waals surface area contributed by atoms with E-state index in [-0.39, 0.29) is 5.69 Å². The van der Waals surface area contributed by atoms with Crippen LogP contribution in [0.25, 0.3) is 16.9 Å². The number of amides is 1. The molecule has 31 heavy (non-hydrogen) atoms. The molecule has 0 radical (unpaired) electrons. The Morgan fingerprint density at radius 2 is 1.81 bits per heavy atom. The second-order valence-electron chi connectivity index (χ2n) is 7.07. The first-order valence-electron chi connectivity index (χ1n) is 9.43. The summed E-state index contributed by atoms with van der Waals surface area (Å²) in [6.07, 6.45) is 0. The maximum Gasteiger partial charge on any atom is 0.355 e. The molecule has 0 bridgehead atoms. The number of rotatable bonds is 5. The quantitative estimate of drug-likeness (QED) is 0.419. The molecule has 10 heteroatoms. The number of nitrogens with one attached hydrogen (secondary N) is 2. The normalized spacial score (nSPS) is 11.0. The van der Waals surface area contributed by atoms with E-state index in [1.165, 1.54) is 4.68 Å². The second kappa shape index (κ2) is 8.31. The number of halogens is 1. The van der Waals surface area contributed by atoms with Crippen LogP contribution in [-0.4, -0.2) is 43.2 Å². The summed E-state index contributed by atoms with van der Waals surface area (Å²) in [6, 6.07) is 10.8. The number of esters is 1. The van der Waals surface area contributed by atoms with Crippen molar-refractivity contribution in [2.24, 2.45) is 0 Å². The van der Waals surface area contributed by atoms with Crippen LogP contribution in [0.4, 0.5) is 5.82 Å². The maximum absolute atomic E-state index is 12.4. The summed E-state index contributed by atoms with van der Waals surface area (Å²) >= 11 is 3.39. The molecule has 1 amide bonds. The zero-order valence-corrected chi connectivity index (χ0v) is 18.6. The molecule has 0 aliphatic carbocycles. The number of anilines is 1. The van der Waals surface area contributed by atoms with Gasteiger partial charge in [0.15, 0.2) is 6.61 Å². The Kier molecular flexibility index (Phi) is 5.55. The van der Waals surface area contributed by atoms with Crippen molar-refractivity contribution in [3.63, 3.8) is 0 Å². The Bertz CT molecular complexity index is 1290. The monoisotopic (exact) mass is 482 g/mol. The fraction of sp³-hybridized carbons (Fsp3) is 0.190. The molecule has 0 saturated heterocycles. The molecule has 0 atom stereocenters. The fourth-order valence-electron chi connectivity index (χ4n) is 3.14. The van der Waals surface area contributed by atoms with Crippen molar-refractivity contribution in [2.75, 3.05) is 11.9 Å². The summed E-state index contributed by atoms with van der Waals surface area (Å²) in [5.74, 6) is -0.385. The Labute approximate surface area is 186 Å². The molecular weight excluding hydrogens is 464 g/mol. The van der Waals surface area contributed by atoms with Crippen molar-refractivity contribution in [1.82, 2.24) is 24.7 Å². The summed E-state index contributed by atoms with van der Waals surface area (Å²) in [6.45, 7) is 5.06. The number of fused-ring (bicyclic) bond motifs is 1. The fourth-order valence-corrected chi connectivity index (χ4v) is 3.52. The molecule has 4 aromatic rings. The zero-order valence-electron chi connectivity index (χ0n) is 17.1. The van der Waals surface area contributed by atoms with Gasteiger partial charge in [-0.25, -0.2) is 14.8 Å². The van der Waals surface area contributed by atoms with Gasteiger partial charge < -0.3 is 15.0 Å². The smallest absolute Gasteiger partial charge is 0.355 e. The zero-order chi connectivity index (χ0) is 22.1. The molecule has 0 unspecified atom stereocenters. The van der Waals surface area contributed by atoms with Gasteiger partial charge in [-0.3, -0.25) is 4.79 Å². The van der Waals surface area contributed by atoms with Crippen LogP contribution < -0.4 is 5.32 Å². The van der Waals surface area contributed by atoms with E-state index in [0.717, 1.165) is 26.8 Å². The van der Waals surface area contributed by atoms with E-state index in [1.54, 1.807) is 19.1 Å². The molecule has 4 rings (SSSR count). The van der Waals surface area contributed by atoms with E-state index >= 15 is 0 Å². The Morgan fingerprint density at radius 3 is 2.55 bits per heavy atom. The second-order valence-corrected chi connectivity index (χ2v) is 7.99. The molecule has 2 N–H and O–H groups in total. The number of hydrogen-bond donors (Lipinski definition) is 2. The number of carbonyl (C=O) groups is 2. The number of aryl methyl sites for hydroxylation is 3. The number of ether oxygens (including phenoxy) is 1. The van der Waals surface area contributed by atoms with Crippen LogP contribution in [0.5, 0.6) is 0 Å². The topological polar surface area (TPSA) is 115 Å². The number of carbonyl (C=O) groups excluding carboxylic acids is 2. The SMILES string of the molecule is Cc1cc(C)nc(-n2nc(C)cc2NC(=O)COC(=O)c2cc3cc(Br)ccc3[nH]2)n1. The maximum atomic E-state index is 12.4. The summed E-state index contributed by atoms with van der Waals surface area (Å²) in [5.41, 5.74) is 3.32. The van der Waals surface area contributed by atoms with Crippen molar-refractivity contribution >= 4 is 44.5 Å². The average molecular weight is 483 g/mol. The highest BCUT2D eigenvalue weighted by Crippen LogP contribution is 2.21. The molecule has 1 aromatic carbocycles. The first kappa shape index (κ1) is 20.7. The van der Waals surface area contributed by atoms with Crippen molar-refractivity contribution in [1.29, 1.82) is 0 Å². The van der Waals surface area contributed by atoms with Crippen LogP contribution in [0.3, 0.4) is 0 Å². The molecular formula is C21H19BrN6O3. The van der Waals surface area contributed by atoms with Crippen molar-refractivity contribution in [3.8, 4) is 5.95 Å². The van der Waals surface area contributed by atoms with Crippen LogP contribution in [0.1, 0.15) is 27.6 Å². The highest BCUT2D eigenvalue weighted by molar-refractivity contribution is 9.10. The van der Waals surface area contributed by atoms with Crippen LogP contribution in [-0.2, 0) is 9.53 Å². The molecule has 9 nitrogen and oxygen atoms in total. The molecule has 0 fully saturated rings.